The van der Waals surface area contributed by atoms with Crippen LogP contribution in [0.1, 0.15) is 22.3 Å². The molecular formula is C60H37N3O. The molecule has 1 aromatic heterocycles. The molecule has 0 saturated carbocycles. The standard InChI is InChI=1S/C60H37N3O/c1-61-45-35-31-42(32-36-45)47-20-10-13-25-52(47)60(53-37-33-39-15-5-7-21-48(39)57(53)64-58-49-22-8-6-16-40(49)34-38-54(58)60)51-24-12-9-19-46(51)41-27-29-43(30-28-41)56-50-23-11-14-26-55(50)62-59(63-56)44-17-3-2-4-18-44/h2-38H. The summed E-state index contributed by atoms with van der Waals surface area (Å²) in [6, 6.07) is 78.9. The van der Waals surface area contributed by atoms with Gasteiger partial charge in [-0.1, -0.05) is 218 Å². The first-order chi connectivity index (χ1) is 31.7. The highest BCUT2D eigenvalue weighted by atomic mass is 16.5. The fourth-order valence-electron chi connectivity index (χ4n) is 9.93. The number of fused-ring (bicyclic) bond motifs is 7. The van der Waals surface area contributed by atoms with Gasteiger partial charge in [0.15, 0.2) is 11.5 Å². The van der Waals surface area contributed by atoms with Gasteiger partial charge in [-0.25, -0.2) is 14.8 Å². The van der Waals surface area contributed by atoms with Crippen LogP contribution in [0.15, 0.2) is 224 Å². The lowest BCUT2D eigenvalue weighted by Crippen LogP contribution is -2.35. The predicted molar refractivity (Wildman–Crippen MR) is 261 cm³/mol. The largest absolute Gasteiger partial charge is 0.455 e. The Labute approximate surface area is 371 Å². The van der Waals surface area contributed by atoms with E-state index in [0.29, 0.717) is 11.5 Å². The van der Waals surface area contributed by atoms with E-state index in [1.807, 2.05) is 42.5 Å². The van der Waals surface area contributed by atoms with E-state index in [1.165, 1.54) is 0 Å². The molecule has 0 aliphatic carbocycles. The molecule has 2 heterocycles. The summed E-state index contributed by atoms with van der Waals surface area (Å²) in [5.74, 6) is 2.38. The molecule has 298 valence electrons. The molecule has 10 aromatic carbocycles. The van der Waals surface area contributed by atoms with E-state index >= 15 is 0 Å². The fraction of sp³-hybridized carbons (Fsp3) is 0.0167. The summed E-state index contributed by atoms with van der Waals surface area (Å²) in [5, 5.41) is 5.33. The second-order valence-corrected chi connectivity index (χ2v) is 16.3. The van der Waals surface area contributed by atoms with E-state index in [4.69, 9.17) is 21.3 Å². The molecule has 11 aromatic rings. The second-order valence-electron chi connectivity index (χ2n) is 16.3. The van der Waals surface area contributed by atoms with Gasteiger partial charge < -0.3 is 4.74 Å². The molecule has 0 N–H and O–H groups in total. The molecule has 0 atom stereocenters. The lowest BCUT2D eigenvalue weighted by molar-refractivity contribution is 0.445. The van der Waals surface area contributed by atoms with Crippen LogP contribution in [-0.4, -0.2) is 9.97 Å². The van der Waals surface area contributed by atoms with Gasteiger partial charge in [-0.05, 0) is 50.2 Å². The summed E-state index contributed by atoms with van der Waals surface area (Å²) in [6.45, 7) is 7.71. The number of benzene rings is 10. The zero-order valence-electron chi connectivity index (χ0n) is 34.6. The van der Waals surface area contributed by atoms with E-state index in [9.17, 15) is 0 Å². The molecule has 0 amide bonds. The summed E-state index contributed by atoms with van der Waals surface area (Å²) in [4.78, 5) is 13.9. The SMILES string of the molecule is [C-]#[N+]c1ccc(-c2ccccc2C2(c3ccccc3-c3ccc(-c4nc(-c5ccccc5)nc5ccccc45)cc3)c3ccc4ccccc4c3Oc3c2ccc2ccccc32)cc1. The maximum absolute atomic E-state index is 7.71. The third-order valence-corrected chi connectivity index (χ3v) is 12.8. The molecule has 0 spiro atoms. The van der Waals surface area contributed by atoms with Crippen molar-refractivity contribution in [2.45, 2.75) is 5.41 Å². The minimum atomic E-state index is -0.880. The van der Waals surface area contributed by atoms with Crippen molar-refractivity contribution < 1.29 is 4.74 Å². The van der Waals surface area contributed by atoms with Crippen LogP contribution in [0, 0.1) is 6.57 Å². The first-order valence-electron chi connectivity index (χ1n) is 21.5. The number of aromatic nitrogens is 2. The molecule has 0 saturated heterocycles. The monoisotopic (exact) mass is 815 g/mol. The van der Waals surface area contributed by atoms with Gasteiger partial charge in [0.2, 0.25) is 0 Å². The fourth-order valence-corrected chi connectivity index (χ4v) is 9.93. The zero-order valence-corrected chi connectivity index (χ0v) is 34.6. The van der Waals surface area contributed by atoms with Gasteiger partial charge in [-0.15, -0.1) is 0 Å². The van der Waals surface area contributed by atoms with E-state index in [2.05, 4.69) is 187 Å². The van der Waals surface area contributed by atoms with E-state index in [0.717, 1.165) is 105 Å². The number of nitrogens with zero attached hydrogens (tertiary/aromatic N) is 3. The Morgan fingerprint density at radius 3 is 1.45 bits per heavy atom. The third kappa shape index (κ3) is 5.83. The highest BCUT2D eigenvalue weighted by Gasteiger charge is 2.48. The molecule has 0 radical (unpaired) electrons. The maximum atomic E-state index is 7.71. The van der Waals surface area contributed by atoms with Crippen molar-refractivity contribution in [3.8, 4) is 56.4 Å². The smallest absolute Gasteiger partial charge is 0.187 e. The second kappa shape index (κ2) is 15.1. The Hall–Kier alpha value is -8.65. The average Bonchev–Trinajstić information content (AvgIpc) is 3.38. The Balaban J connectivity index is 1.15. The van der Waals surface area contributed by atoms with Crippen LogP contribution in [0.2, 0.25) is 0 Å². The third-order valence-electron chi connectivity index (χ3n) is 12.8. The molecule has 4 heteroatoms. The predicted octanol–water partition coefficient (Wildman–Crippen LogP) is 15.6. The summed E-state index contributed by atoms with van der Waals surface area (Å²) in [5.41, 5.74) is 12.2. The average molecular weight is 816 g/mol. The molecule has 0 bridgehead atoms. The minimum absolute atomic E-state index is 0.607. The van der Waals surface area contributed by atoms with Gasteiger partial charge in [0, 0.05) is 38.4 Å². The molecule has 4 nitrogen and oxygen atoms in total. The Bertz CT molecular complexity index is 3560. The van der Waals surface area contributed by atoms with Crippen LogP contribution in [0.3, 0.4) is 0 Å². The van der Waals surface area contributed by atoms with Crippen LogP contribution >= 0.6 is 0 Å². The Kier molecular flexibility index (Phi) is 8.74. The lowest BCUT2D eigenvalue weighted by atomic mass is 9.60. The van der Waals surface area contributed by atoms with Gasteiger partial charge in [0.25, 0.3) is 0 Å². The van der Waals surface area contributed by atoms with Crippen LogP contribution in [-0.2, 0) is 5.41 Å². The maximum Gasteiger partial charge on any atom is 0.187 e. The molecule has 0 fully saturated rings. The number of rotatable bonds is 6. The molecule has 1 aliphatic rings. The normalized spacial score (nSPS) is 12.6. The van der Waals surface area contributed by atoms with Gasteiger partial charge in [-0.3, -0.25) is 0 Å². The van der Waals surface area contributed by atoms with Gasteiger partial charge in [-0.2, -0.15) is 0 Å². The van der Waals surface area contributed by atoms with Crippen molar-refractivity contribution in [3.63, 3.8) is 0 Å². The van der Waals surface area contributed by atoms with E-state index in [1.54, 1.807) is 0 Å². The molecule has 12 rings (SSSR count). The van der Waals surface area contributed by atoms with Crippen LogP contribution in [0.5, 0.6) is 11.5 Å². The molecule has 1 aliphatic heterocycles. The number of hydrogen-bond acceptors (Lipinski definition) is 3. The highest BCUT2D eigenvalue weighted by Crippen LogP contribution is 2.61. The summed E-state index contributed by atoms with van der Waals surface area (Å²) >= 11 is 0. The molecule has 64 heavy (non-hydrogen) atoms. The van der Waals surface area contributed by atoms with Gasteiger partial charge >= 0.3 is 0 Å². The number of para-hydroxylation sites is 1. The topological polar surface area (TPSA) is 39.4 Å². The Morgan fingerprint density at radius 1 is 0.375 bits per heavy atom. The summed E-state index contributed by atoms with van der Waals surface area (Å²) in [7, 11) is 0. The first kappa shape index (κ1) is 37.1. The highest BCUT2D eigenvalue weighted by molar-refractivity contribution is 5.99. The van der Waals surface area contributed by atoms with Crippen molar-refractivity contribution in [2.75, 3.05) is 0 Å². The summed E-state index contributed by atoms with van der Waals surface area (Å²) in [6.07, 6.45) is 0. The number of hydrogen-bond donors (Lipinski definition) is 0. The number of ether oxygens (including phenoxy) is 1. The van der Waals surface area contributed by atoms with Gasteiger partial charge in [0.1, 0.15) is 11.5 Å². The zero-order chi connectivity index (χ0) is 42.6. The minimum Gasteiger partial charge on any atom is -0.455 e. The lowest BCUT2D eigenvalue weighted by Gasteiger charge is -2.44. The van der Waals surface area contributed by atoms with Gasteiger partial charge in [0.05, 0.1) is 23.2 Å². The Morgan fingerprint density at radius 2 is 0.859 bits per heavy atom. The van der Waals surface area contributed by atoms with Crippen molar-refractivity contribution in [3.05, 3.63) is 258 Å². The van der Waals surface area contributed by atoms with Crippen molar-refractivity contribution in [1.82, 2.24) is 9.97 Å². The van der Waals surface area contributed by atoms with Crippen LogP contribution < -0.4 is 4.74 Å². The van der Waals surface area contributed by atoms with Crippen molar-refractivity contribution in [2.24, 2.45) is 0 Å². The van der Waals surface area contributed by atoms with Crippen molar-refractivity contribution >= 4 is 38.1 Å². The molecule has 0 unspecified atom stereocenters. The van der Waals surface area contributed by atoms with Crippen LogP contribution in [0.4, 0.5) is 5.69 Å². The van der Waals surface area contributed by atoms with E-state index < -0.39 is 5.41 Å². The van der Waals surface area contributed by atoms with Crippen molar-refractivity contribution in [1.29, 1.82) is 0 Å². The quantitative estimate of drug-likeness (QED) is 0.157. The summed E-state index contributed by atoms with van der Waals surface area (Å²) < 4.78 is 7.32. The first-order valence-corrected chi connectivity index (χ1v) is 21.5. The molecular weight excluding hydrogens is 779 g/mol. The van der Waals surface area contributed by atoms with Crippen LogP contribution in [0.25, 0.3) is 82.2 Å². The van der Waals surface area contributed by atoms with E-state index in [-0.39, 0.29) is 0 Å².